The summed E-state index contributed by atoms with van der Waals surface area (Å²) in [6.07, 6.45) is 5.34. The first-order valence-corrected chi connectivity index (χ1v) is 7.63. The highest BCUT2D eigenvalue weighted by Crippen LogP contribution is 2.20. The maximum absolute atomic E-state index is 12.2. The number of amides is 2. The lowest BCUT2D eigenvalue weighted by Crippen LogP contribution is -2.31. The van der Waals surface area contributed by atoms with Crippen molar-refractivity contribution in [3.05, 3.63) is 60.0 Å². The number of anilines is 1. The van der Waals surface area contributed by atoms with Gasteiger partial charge in [-0.2, -0.15) is 0 Å². The Kier molecular flexibility index (Phi) is 4.33. The van der Waals surface area contributed by atoms with Gasteiger partial charge in [-0.1, -0.05) is 17.3 Å². The van der Waals surface area contributed by atoms with Crippen LogP contribution < -0.4 is 10.6 Å². The quantitative estimate of drug-likeness (QED) is 0.770. The summed E-state index contributed by atoms with van der Waals surface area (Å²) < 4.78 is 6.96. The van der Waals surface area contributed by atoms with Crippen molar-refractivity contribution in [1.82, 2.24) is 20.0 Å². The number of carbonyl (C=O) groups is 1. The van der Waals surface area contributed by atoms with Gasteiger partial charge in [0.2, 0.25) is 0 Å². The van der Waals surface area contributed by atoms with E-state index < -0.39 is 0 Å². The van der Waals surface area contributed by atoms with E-state index in [0.717, 1.165) is 11.3 Å². The van der Waals surface area contributed by atoms with Crippen molar-refractivity contribution in [3.8, 4) is 5.69 Å². The lowest BCUT2D eigenvalue weighted by atomic mass is 10.1. The molecule has 7 heteroatoms. The van der Waals surface area contributed by atoms with Crippen LogP contribution in [0, 0.1) is 13.8 Å². The molecule has 0 unspecified atom stereocenters. The number of urea groups is 1. The molecule has 0 aliphatic rings. The van der Waals surface area contributed by atoms with Crippen LogP contribution in [-0.2, 0) is 0 Å². The summed E-state index contributed by atoms with van der Waals surface area (Å²) >= 11 is 0. The highest BCUT2D eigenvalue weighted by atomic mass is 16.5. The SMILES string of the molecule is Cc1noc(C)c1NC(=O)N[C@H](C)c1cccc(-n2ccnc2)c1. The Morgan fingerprint density at radius 3 is 2.83 bits per heavy atom. The summed E-state index contributed by atoms with van der Waals surface area (Å²) in [4.78, 5) is 16.3. The first-order valence-electron chi connectivity index (χ1n) is 7.63. The predicted molar refractivity (Wildman–Crippen MR) is 90.1 cm³/mol. The number of imidazole rings is 1. The van der Waals surface area contributed by atoms with Gasteiger partial charge >= 0.3 is 6.03 Å². The van der Waals surface area contributed by atoms with Crippen molar-refractivity contribution in [3.63, 3.8) is 0 Å². The molecule has 1 aromatic carbocycles. The number of hydrogen-bond acceptors (Lipinski definition) is 4. The zero-order valence-electron chi connectivity index (χ0n) is 13.8. The van der Waals surface area contributed by atoms with Crippen molar-refractivity contribution < 1.29 is 9.32 Å². The number of rotatable bonds is 4. The highest BCUT2D eigenvalue weighted by molar-refractivity contribution is 5.90. The van der Waals surface area contributed by atoms with Crippen molar-refractivity contribution in [1.29, 1.82) is 0 Å². The fourth-order valence-corrected chi connectivity index (χ4v) is 2.46. The van der Waals surface area contributed by atoms with E-state index in [-0.39, 0.29) is 12.1 Å². The van der Waals surface area contributed by atoms with E-state index in [9.17, 15) is 4.79 Å². The molecule has 0 aliphatic heterocycles. The van der Waals surface area contributed by atoms with E-state index in [1.807, 2.05) is 42.0 Å². The number of carbonyl (C=O) groups excluding carboxylic acids is 1. The molecular weight excluding hydrogens is 306 g/mol. The summed E-state index contributed by atoms with van der Waals surface area (Å²) in [7, 11) is 0. The van der Waals surface area contributed by atoms with Crippen LogP contribution in [-0.4, -0.2) is 20.7 Å². The molecule has 2 N–H and O–H groups in total. The number of aryl methyl sites for hydroxylation is 2. The van der Waals surface area contributed by atoms with Crippen LogP contribution in [0.25, 0.3) is 5.69 Å². The highest BCUT2D eigenvalue weighted by Gasteiger charge is 2.15. The molecule has 0 fully saturated rings. The Balaban J connectivity index is 1.70. The molecule has 0 spiro atoms. The average Bonchev–Trinajstić information content (AvgIpc) is 3.21. The number of aromatic nitrogens is 3. The molecule has 0 bridgehead atoms. The van der Waals surface area contributed by atoms with E-state index >= 15 is 0 Å². The molecular formula is C17H19N5O2. The van der Waals surface area contributed by atoms with Crippen LogP contribution in [0.2, 0.25) is 0 Å². The second kappa shape index (κ2) is 6.57. The molecule has 24 heavy (non-hydrogen) atoms. The fraction of sp³-hybridized carbons (Fsp3) is 0.235. The second-order valence-corrected chi connectivity index (χ2v) is 5.58. The second-order valence-electron chi connectivity index (χ2n) is 5.58. The van der Waals surface area contributed by atoms with Gasteiger partial charge in [-0.05, 0) is 38.5 Å². The van der Waals surface area contributed by atoms with Gasteiger partial charge < -0.3 is 19.7 Å². The molecule has 0 aliphatic carbocycles. The Hall–Kier alpha value is -3.09. The average molecular weight is 325 g/mol. The standard InChI is InChI=1S/C17H19N5O2/c1-11(19-17(23)20-16-12(2)21-24-13(16)3)14-5-4-6-15(9-14)22-8-7-18-10-22/h4-11H,1-3H3,(H2,19,20,23)/t11-/m1/s1. The van der Waals surface area contributed by atoms with Gasteiger partial charge in [-0.25, -0.2) is 9.78 Å². The van der Waals surface area contributed by atoms with Gasteiger partial charge in [-0.3, -0.25) is 0 Å². The van der Waals surface area contributed by atoms with E-state index in [1.54, 1.807) is 26.4 Å². The van der Waals surface area contributed by atoms with E-state index in [4.69, 9.17) is 4.52 Å². The predicted octanol–water partition coefficient (Wildman–Crippen LogP) is 3.36. The smallest absolute Gasteiger partial charge is 0.319 e. The van der Waals surface area contributed by atoms with E-state index in [0.29, 0.717) is 17.1 Å². The molecule has 1 atom stereocenters. The monoisotopic (exact) mass is 325 g/mol. The molecule has 124 valence electrons. The van der Waals surface area contributed by atoms with Gasteiger partial charge in [0, 0.05) is 18.1 Å². The molecule has 0 saturated heterocycles. The van der Waals surface area contributed by atoms with Gasteiger partial charge in [0.25, 0.3) is 0 Å². The Morgan fingerprint density at radius 2 is 2.17 bits per heavy atom. The maximum atomic E-state index is 12.2. The maximum Gasteiger partial charge on any atom is 0.319 e. The minimum atomic E-state index is -0.301. The topological polar surface area (TPSA) is 85.0 Å². The Morgan fingerprint density at radius 1 is 1.33 bits per heavy atom. The van der Waals surface area contributed by atoms with Gasteiger partial charge in [0.05, 0.1) is 12.4 Å². The molecule has 3 rings (SSSR count). The Bertz CT molecular complexity index is 819. The first kappa shape index (κ1) is 15.8. The third kappa shape index (κ3) is 3.29. The minimum Gasteiger partial charge on any atom is -0.359 e. The zero-order valence-corrected chi connectivity index (χ0v) is 13.8. The normalized spacial score (nSPS) is 12.0. The third-order valence-electron chi connectivity index (χ3n) is 3.79. The van der Waals surface area contributed by atoms with Crippen molar-refractivity contribution in [2.24, 2.45) is 0 Å². The van der Waals surface area contributed by atoms with E-state index in [2.05, 4.69) is 20.8 Å². The van der Waals surface area contributed by atoms with Crippen molar-refractivity contribution in [2.75, 3.05) is 5.32 Å². The number of nitrogens with one attached hydrogen (secondary N) is 2. The lowest BCUT2D eigenvalue weighted by molar-refractivity contribution is 0.249. The minimum absolute atomic E-state index is 0.158. The number of nitrogens with zero attached hydrogens (tertiary/aromatic N) is 3. The molecule has 2 heterocycles. The molecule has 0 radical (unpaired) electrons. The fourth-order valence-electron chi connectivity index (χ4n) is 2.46. The van der Waals surface area contributed by atoms with Crippen LogP contribution in [0.4, 0.5) is 10.5 Å². The van der Waals surface area contributed by atoms with Crippen molar-refractivity contribution >= 4 is 11.7 Å². The molecule has 3 aromatic rings. The Labute approximate surface area is 139 Å². The van der Waals surface area contributed by atoms with Crippen LogP contribution in [0.5, 0.6) is 0 Å². The summed E-state index contributed by atoms with van der Waals surface area (Å²) in [6.45, 7) is 5.47. The lowest BCUT2D eigenvalue weighted by Gasteiger charge is -2.16. The zero-order chi connectivity index (χ0) is 17.1. The molecule has 2 amide bonds. The van der Waals surface area contributed by atoms with Crippen LogP contribution in [0.3, 0.4) is 0 Å². The van der Waals surface area contributed by atoms with E-state index in [1.165, 1.54) is 0 Å². The van der Waals surface area contributed by atoms with Crippen LogP contribution in [0.1, 0.15) is 30.0 Å². The van der Waals surface area contributed by atoms with Gasteiger partial charge in [0.1, 0.15) is 11.4 Å². The van der Waals surface area contributed by atoms with Gasteiger partial charge in [0.15, 0.2) is 5.76 Å². The molecule has 7 nitrogen and oxygen atoms in total. The molecule has 2 aromatic heterocycles. The number of benzene rings is 1. The van der Waals surface area contributed by atoms with Gasteiger partial charge in [-0.15, -0.1) is 0 Å². The van der Waals surface area contributed by atoms with Crippen molar-refractivity contribution in [2.45, 2.75) is 26.8 Å². The number of hydrogen-bond donors (Lipinski definition) is 2. The third-order valence-corrected chi connectivity index (χ3v) is 3.79. The van der Waals surface area contributed by atoms with Crippen LogP contribution in [0.15, 0.2) is 47.5 Å². The first-order chi connectivity index (χ1) is 11.5. The van der Waals surface area contributed by atoms with Crippen LogP contribution >= 0.6 is 0 Å². The summed E-state index contributed by atoms with van der Waals surface area (Å²) in [5.41, 5.74) is 3.24. The summed E-state index contributed by atoms with van der Waals surface area (Å²) in [6, 6.07) is 7.47. The summed E-state index contributed by atoms with van der Waals surface area (Å²) in [5, 5.41) is 9.52. The molecule has 0 saturated carbocycles. The largest absolute Gasteiger partial charge is 0.359 e. The summed E-state index contributed by atoms with van der Waals surface area (Å²) in [5.74, 6) is 0.581.